The Morgan fingerprint density at radius 1 is 1.27 bits per heavy atom. The molecule has 0 unspecified atom stereocenters. The van der Waals surface area contributed by atoms with Gasteiger partial charge in [0.1, 0.15) is 5.75 Å². The molecule has 0 aliphatic heterocycles. The van der Waals surface area contributed by atoms with E-state index in [0.29, 0.717) is 19.4 Å². The molecule has 0 fully saturated rings. The van der Waals surface area contributed by atoms with Crippen LogP contribution >= 0.6 is 0 Å². The number of hydrogen-bond donors (Lipinski definition) is 0. The van der Waals surface area contributed by atoms with Crippen molar-refractivity contribution in [3.8, 4) is 5.75 Å². The molecule has 1 amide bonds. The molecule has 0 saturated carbocycles. The number of amides is 1. The van der Waals surface area contributed by atoms with Crippen LogP contribution < -0.4 is 4.74 Å². The summed E-state index contributed by atoms with van der Waals surface area (Å²) in [6.07, 6.45) is 4.14. The second-order valence-corrected chi connectivity index (χ2v) is 5.02. The molecular formula is C17H23NO4. The maximum Gasteiger partial charge on any atom is 0.305 e. The molecule has 1 aromatic rings. The Balaban J connectivity index is 2.60. The molecule has 0 N–H and O–H groups in total. The maximum atomic E-state index is 12.0. The molecule has 5 nitrogen and oxygen atoms in total. The molecule has 0 aliphatic rings. The van der Waals surface area contributed by atoms with Gasteiger partial charge >= 0.3 is 5.97 Å². The number of likely N-dealkylation sites (N-methyl/N-ethyl adjacent to an activating group) is 1. The lowest BCUT2D eigenvalue weighted by atomic mass is 10.1. The van der Waals surface area contributed by atoms with E-state index in [1.165, 1.54) is 13.2 Å². The quantitative estimate of drug-likeness (QED) is 0.573. The highest BCUT2D eigenvalue weighted by Crippen LogP contribution is 2.21. The van der Waals surface area contributed by atoms with E-state index in [4.69, 9.17) is 4.74 Å². The van der Waals surface area contributed by atoms with E-state index in [-0.39, 0.29) is 11.9 Å². The first-order valence-corrected chi connectivity index (χ1v) is 7.12. The maximum absolute atomic E-state index is 12.0. The van der Waals surface area contributed by atoms with E-state index in [9.17, 15) is 9.59 Å². The normalized spacial score (nSPS) is 10.5. The Hall–Kier alpha value is -2.30. The third-order valence-electron chi connectivity index (χ3n) is 3.27. The molecule has 0 saturated heterocycles. The second kappa shape index (κ2) is 8.87. The number of methoxy groups -OCH3 is 2. The zero-order valence-electron chi connectivity index (χ0n) is 13.6. The van der Waals surface area contributed by atoms with Crippen molar-refractivity contribution in [1.82, 2.24) is 4.90 Å². The molecule has 22 heavy (non-hydrogen) atoms. The average molecular weight is 305 g/mol. The zero-order chi connectivity index (χ0) is 16.5. The number of aryl methyl sites for hydroxylation is 1. The van der Waals surface area contributed by atoms with E-state index in [2.05, 4.69) is 4.74 Å². The standard InChI is InChI=1S/C17H23NO4/c1-13-7-9-15(21-3)14(12-13)8-10-16(19)18(2)11-5-6-17(20)22-4/h7-10,12H,5-6,11H2,1-4H3/b10-8-. The van der Waals surface area contributed by atoms with Gasteiger partial charge in [-0.2, -0.15) is 0 Å². The molecular weight excluding hydrogens is 282 g/mol. The lowest BCUT2D eigenvalue weighted by molar-refractivity contribution is -0.141. The van der Waals surface area contributed by atoms with Crippen molar-refractivity contribution in [3.05, 3.63) is 35.4 Å². The van der Waals surface area contributed by atoms with Crippen molar-refractivity contribution in [2.75, 3.05) is 27.8 Å². The molecule has 120 valence electrons. The van der Waals surface area contributed by atoms with E-state index in [0.717, 1.165) is 16.9 Å². The van der Waals surface area contributed by atoms with E-state index >= 15 is 0 Å². The number of rotatable bonds is 7. The van der Waals surface area contributed by atoms with Crippen molar-refractivity contribution in [2.24, 2.45) is 0 Å². The highest BCUT2D eigenvalue weighted by Gasteiger charge is 2.07. The lowest BCUT2D eigenvalue weighted by Crippen LogP contribution is -2.26. The van der Waals surface area contributed by atoms with Crippen molar-refractivity contribution >= 4 is 18.0 Å². The number of carbonyl (C=O) groups is 2. The third-order valence-corrected chi connectivity index (χ3v) is 3.27. The fourth-order valence-electron chi connectivity index (χ4n) is 1.95. The zero-order valence-corrected chi connectivity index (χ0v) is 13.6. The van der Waals surface area contributed by atoms with Crippen LogP contribution in [0.5, 0.6) is 5.75 Å². The minimum atomic E-state index is -0.263. The fourth-order valence-corrected chi connectivity index (χ4v) is 1.95. The summed E-state index contributed by atoms with van der Waals surface area (Å²) < 4.78 is 9.83. The van der Waals surface area contributed by atoms with Gasteiger partial charge in [0.05, 0.1) is 14.2 Å². The summed E-state index contributed by atoms with van der Waals surface area (Å²) >= 11 is 0. The summed E-state index contributed by atoms with van der Waals surface area (Å²) in [6.45, 7) is 2.49. The Morgan fingerprint density at radius 3 is 2.64 bits per heavy atom. The molecule has 0 aliphatic carbocycles. The molecule has 1 aromatic carbocycles. The van der Waals surface area contributed by atoms with Crippen LogP contribution in [0.25, 0.3) is 6.08 Å². The van der Waals surface area contributed by atoms with Crippen molar-refractivity contribution < 1.29 is 19.1 Å². The topological polar surface area (TPSA) is 55.8 Å². The summed E-state index contributed by atoms with van der Waals surface area (Å²) in [7, 11) is 4.66. The van der Waals surface area contributed by atoms with Crippen LogP contribution in [-0.2, 0) is 14.3 Å². The Labute approximate surface area is 131 Å². The van der Waals surface area contributed by atoms with Crippen molar-refractivity contribution in [3.63, 3.8) is 0 Å². The average Bonchev–Trinajstić information content (AvgIpc) is 2.52. The first-order valence-electron chi connectivity index (χ1n) is 7.12. The number of ether oxygens (including phenoxy) is 2. The van der Waals surface area contributed by atoms with Crippen LogP contribution in [0.2, 0.25) is 0 Å². The molecule has 0 spiro atoms. The summed E-state index contributed by atoms with van der Waals surface area (Å²) in [5.41, 5.74) is 1.96. The number of nitrogens with zero attached hydrogens (tertiary/aromatic N) is 1. The Morgan fingerprint density at radius 2 is 2.00 bits per heavy atom. The van der Waals surface area contributed by atoms with Crippen LogP contribution in [0.15, 0.2) is 24.3 Å². The summed E-state index contributed by atoms with van der Waals surface area (Å²) in [5.74, 6) is 0.345. The van der Waals surface area contributed by atoms with Gasteiger partial charge in [0.15, 0.2) is 0 Å². The Bertz CT molecular complexity index is 552. The molecule has 5 heteroatoms. The largest absolute Gasteiger partial charge is 0.496 e. The first kappa shape index (κ1) is 17.8. The van der Waals surface area contributed by atoms with Crippen LogP contribution in [-0.4, -0.2) is 44.6 Å². The monoisotopic (exact) mass is 305 g/mol. The van der Waals surface area contributed by atoms with Gasteiger partial charge < -0.3 is 14.4 Å². The second-order valence-electron chi connectivity index (χ2n) is 5.02. The molecule has 0 aromatic heterocycles. The van der Waals surface area contributed by atoms with Gasteiger partial charge in [-0.25, -0.2) is 0 Å². The van der Waals surface area contributed by atoms with Gasteiger partial charge in [0.25, 0.3) is 0 Å². The minimum absolute atomic E-state index is 0.117. The molecule has 0 bridgehead atoms. The van der Waals surface area contributed by atoms with Crippen molar-refractivity contribution in [1.29, 1.82) is 0 Å². The Kier molecular flexibility index (Phi) is 7.16. The molecule has 0 heterocycles. The van der Waals surface area contributed by atoms with E-state index in [1.54, 1.807) is 25.1 Å². The summed E-state index contributed by atoms with van der Waals surface area (Å²) in [5, 5.41) is 0. The van der Waals surface area contributed by atoms with Gasteiger partial charge in [-0.15, -0.1) is 0 Å². The smallest absolute Gasteiger partial charge is 0.305 e. The van der Waals surface area contributed by atoms with E-state index < -0.39 is 0 Å². The molecule has 0 atom stereocenters. The number of esters is 1. The van der Waals surface area contributed by atoms with Gasteiger partial charge in [-0.05, 0) is 31.6 Å². The predicted molar refractivity (Wildman–Crippen MR) is 85.7 cm³/mol. The van der Waals surface area contributed by atoms with Crippen LogP contribution in [0.1, 0.15) is 24.0 Å². The van der Waals surface area contributed by atoms with Gasteiger partial charge in [-0.3, -0.25) is 9.59 Å². The van der Waals surface area contributed by atoms with Crippen LogP contribution in [0, 0.1) is 6.92 Å². The summed E-state index contributed by atoms with van der Waals surface area (Å²) in [6, 6.07) is 5.79. The third kappa shape index (κ3) is 5.60. The predicted octanol–water partition coefficient (Wildman–Crippen LogP) is 2.43. The van der Waals surface area contributed by atoms with Gasteiger partial charge in [-0.1, -0.05) is 11.6 Å². The number of carbonyl (C=O) groups excluding carboxylic acids is 2. The minimum Gasteiger partial charge on any atom is -0.496 e. The number of hydrogen-bond acceptors (Lipinski definition) is 4. The number of benzene rings is 1. The highest BCUT2D eigenvalue weighted by molar-refractivity contribution is 5.92. The highest BCUT2D eigenvalue weighted by atomic mass is 16.5. The van der Waals surface area contributed by atoms with Gasteiger partial charge in [0.2, 0.25) is 5.91 Å². The van der Waals surface area contributed by atoms with Crippen LogP contribution in [0.3, 0.4) is 0 Å². The summed E-state index contributed by atoms with van der Waals surface area (Å²) in [4.78, 5) is 24.6. The lowest BCUT2D eigenvalue weighted by Gasteiger charge is -2.14. The van der Waals surface area contributed by atoms with E-state index in [1.807, 2.05) is 25.1 Å². The molecule has 0 radical (unpaired) electrons. The fraction of sp³-hybridized carbons (Fsp3) is 0.412. The first-order chi connectivity index (χ1) is 10.5. The molecule has 1 rings (SSSR count). The van der Waals surface area contributed by atoms with Gasteiger partial charge in [0, 0.05) is 31.7 Å². The SMILES string of the molecule is COC(=O)CCCN(C)C(=O)/C=C\c1cc(C)ccc1OC. The van der Waals surface area contributed by atoms with Crippen molar-refractivity contribution in [2.45, 2.75) is 19.8 Å². The van der Waals surface area contributed by atoms with Crippen LogP contribution in [0.4, 0.5) is 0 Å².